The van der Waals surface area contributed by atoms with Crippen LogP contribution in [0.5, 0.6) is 11.5 Å². The Morgan fingerprint density at radius 2 is 1.74 bits per heavy atom. The quantitative estimate of drug-likeness (QED) is 0.464. The minimum atomic E-state index is -1.15. The molecule has 3 fully saturated rings. The number of benzene rings is 2. The maximum atomic E-state index is 14.3. The van der Waals surface area contributed by atoms with Gasteiger partial charge < -0.3 is 9.84 Å². The van der Waals surface area contributed by atoms with Gasteiger partial charge in [-0.3, -0.25) is 24.1 Å². The Morgan fingerprint density at radius 1 is 1.00 bits per heavy atom. The van der Waals surface area contributed by atoms with E-state index in [0.717, 1.165) is 5.57 Å². The predicted octanol–water partition coefficient (Wildman–Crippen LogP) is 4.04. The highest BCUT2D eigenvalue weighted by Crippen LogP contribution is 2.64. The molecule has 0 aromatic heterocycles. The van der Waals surface area contributed by atoms with Crippen molar-refractivity contribution < 1.29 is 29.0 Å². The number of carbonyl (C=O) groups is 4. The monoisotopic (exact) mass is 528 g/mol. The highest BCUT2D eigenvalue weighted by molar-refractivity contribution is 6.24. The molecule has 8 nitrogen and oxygen atoms in total. The fraction of sp³-hybridized carbons (Fsp3) is 0.419. The second-order valence-electron chi connectivity index (χ2n) is 11.3. The van der Waals surface area contributed by atoms with Crippen LogP contribution >= 0.6 is 0 Å². The zero-order valence-electron chi connectivity index (χ0n) is 22.3. The number of anilines is 1. The standard InChI is InChI=1S/C31H32N2O6/c1-4-14-32-27(35)21-13-12-19-22(25(21)29(32)37)16-23-28(36)33(17-8-6-5-7-9-17)30(38)31(23,2)26(19)20-11-10-18(34)15-24(20)39-3/h5-12,15,21-23,25-26,34H,4,13-14,16H2,1-3H3. The number of ether oxygens (including phenoxy) is 1. The lowest BCUT2D eigenvalue weighted by Crippen LogP contribution is -2.49. The number of aromatic hydroxyl groups is 1. The number of carbonyl (C=O) groups excluding carboxylic acids is 4. The number of phenolic OH excluding ortho intramolecular Hbond substituents is 1. The van der Waals surface area contributed by atoms with Crippen LogP contribution in [-0.2, 0) is 19.2 Å². The average Bonchev–Trinajstić information content (AvgIpc) is 3.29. The Morgan fingerprint density at radius 3 is 2.44 bits per heavy atom. The third kappa shape index (κ3) is 3.43. The Kier molecular flexibility index (Phi) is 5.90. The van der Waals surface area contributed by atoms with Crippen molar-refractivity contribution in [1.82, 2.24) is 4.90 Å². The average molecular weight is 529 g/mol. The van der Waals surface area contributed by atoms with Gasteiger partial charge in [0.05, 0.1) is 36.0 Å². The van der Waals surface area contributed by atoms with Gasteiger partial charge in [-0.2, -0.15) is 0 Å². The number of imide groups is 2. The topological polar surface area (TPSA) is 104 Å². The number of hydrogen-bond acceptors (Lipinski definition) is 6. The maximum Gasteiger partial charge on any atom is 0.241 e. The molecule has 6 atom stereocenters. The fourth-order valence-electron chi connectivity index (χ4n) is 7.63. The molecule has 2 saturated heterocycles. The normalized spacial score (nSPS) is 31.7. The van der Waals surface area contributed by atoms with Gasteiger partial charge in [-0.15, -0.1) is 0 Å². The number of nitrogens with zero attached hydrogens (tertiary/aromatic N) is 2. The van der Waals surface area contributed by atoms with Crippen LogP contribution < -0.4 is 9.64 Å². The summed E-state index contributed by atoms with van der Waals surface area (Å²) in [5.41, 5.74) is 0.932. The second kappa shape index (κ2) is 9.07. The van der Waals surface area contributed by atoms with Crippen LogP contribution in [0.25, 0.3) is 0 Å². The summed E-state index contributed by atoms with van der Waals surface area (Å²) in [7, 11) is 1.50. The van der Waals surface area contributed by atoms with Crippen molar-refractivity contribution in [1.29, 1.82) is 0 Å². The molecule has 202 valence electrons. The molecule has 6 unspecified atom stereocenters. The Bertz CT molecular complexity index is 1420. The van der Waals surface area contributed by atoms with Crippen LogP contribution in [0.4, 0.5) is 5.69 Å². The van der Waals surface area contributed by atoms with E-state index in [1.165, 1.54) is 23.0 Å². The molecule has 6 rings (SSSR count). The first-order valence-corrected chi connectivity index (χ1v) is 13.6. The van der Waals surface area contributed by atoms with Crippen LogP contribution in [0, 0.1) is 29.1 Å². The van der Waals surface area contributed by atoms with Crippen molar-refractivity contribution in [3.63, 3.8) is 0 Å². The number of para-hydroxylation sites is 1. The van der Waals surface area contributed by atoms with Gasteiger partial charge in [0.15, 0.2) is 0 Å². The number of fused-ring (bicyclic) bond motifs is 4. The van der Waals surface area contributed by atoms with Crippen LogP contribution in [0.1, 0.15) is 44.6 Å². The van der Waals surface area contributed by atoms with Crippen molar-refractivity contribution >= 4 is 29.3 Å². The highest BCUT2D eigenvalue weighted by atomic mass is 16.5. The van der Waals surface area contributed by atoms with Crippen LogP contribution in [0.15, 0.2) is 60.2 Å². The molecule has 1 saturated carbocycles. The summed E-state index contributed by atoms with van der Waals surface area (Å²) >= 11 is 0. The molecule has 2 heterocycles. The van der Waals surface area contributed by atoms with Gasteiger partial charge >= 0.3 is 0 Å². The zero-order valence-corrected chi connectivity index (χ0v) is 22.3. The van der Waals surface area contributed by atoms with E-state index in [2.05, 4.69) is 0 Å². The summed E-state index contributed by atoms with van der Waals surface area (Å²) in [6, 6.07) is 13.7. The lowest BCUT2D eigenvalue weighted by Gasteiger charge is -2.49. The number of methoxy groups -OCH3 is 1. The number of phenols is 1. The Balaban J connectivity index is 1.54. The summed E-state index contributed by atoms with van der Waals surface area (Å²) in [6.07, 6.45) is 3.42. The number of hydrogen-bond donors (Lipinski definition) is 1. The van der Waals surface area contributed by atoms with Gasteiger partial charge in [0.25, 0.3) is 0 Å². The lowest BCUT2D eigenvalue weighted by molar-refractivity contribution is -0.140. The molecular weight excluding hydrogens is 496 g/mol. The van der Waals surface area contributed by atoms with E-state index in [9.17, 15) is 24.3 Å². The number of rotatable bonds is 5. The van der Waals surface area contributed by atoms with Crippen molar-refractivity contribution in [2.45, 2.75) is 39.0 Å². The zero-order chi connectivity index (χ0) is 27.6. The molecule has 0 spiro atoms. The largest absolute Gasteiger partial charge is 0.508 e. The molecule has 39 heavy (non-hydrogen) atoms. The summed E-state index contributed by atoms with van der Waals surface area (Å²) in [6.45, 7) is 4.15. The van der Waals surface area contributed by atoms with E-state index in [-0.39, 0.29) is 35.3 Å². The molecule has 0 radical (unpaired) electrons. The first-order chi connectivity index (χ1) is 18.7. The third-order valence-corrected chi connectivity index (χ3v) is 9.36. The first-order valence-electron chi connectivity index (χ1n) is 13.6. The number of allylic oxidation sites excluding steroid dienone is 2. The minimum absolute atomic E-state index is 0.0221. The SMILES string of the molecule is CCCN1C(=O)C2CC=C3C(CC4C(=O)N(c5ccccc5)C(=O)C4(C)C3c3ccc(O)cc3OC)C2C1=O. The van der Waals surface area contributed by atoms with E-state index < -0.39 is 29.1 Å². The summed E-state index contributed by atoms with van der Waals surface area (Å²) in [5, 5.41) is 10.2. The van der Waals surface area contributed by atoms with Crippen LogP contribution in [-0.4, -0.2) is 47.3 Å². The molecule has 2 aliphatic carbocycles. The maximum absolute atomic E-state index is 14.3. The Labute approximate surface area is 227 Å². The van der Waals surface area contributed by atoms with E-state index in [1.54, 1.807) is 36.4 Å². The third-order valence-electron chi connectivity index (χ3n) is 9.36. The predicted molar refractivity (Wildman–Crippen MR) is 143 cm³/mol. The van der Waals surface area contributed by atoms with Gasteiger partial charge in [0.2, 0.25) is 23.6 Å². The fourth-order valence-corrected chi connectivity index (χ4v) is 7.63. The molecule has 2 aromatic carbocycles. The molecule has 4 aliphatic rings. The van der Waals surface area contributed by atoms with Crippen molar-refractivity contribution in [2.75, 3.05) is 18.6 Å². The van der Waals surface area contributed by atoms with Gasteiger partial charge in [-0.05, 0) is 50.3 Å². The van der Waals surface area contributed by atoms with E-state index in [0.29, 0.717) is 42.8 Å². The van der Waals surface area contributed by atoms with Crippen molar-refractivity contribution in [2.24, 2.45) is 29.1 Å². The van der Waals surface area contributed by atoms with Gasteiger partial charge in [0.1, 0.15) is 11.5 Å². The van der Waals surface area contributed by atoms with Gasteiger partial charge in [0, 0.05) is 24.1 Å². The summed E-state index contributed by atoms with van der Waals surface area (Å²) in [5.74, 6) is -3.15. The smallest absolute Gasteiger partial charge is 0.241 e. The minimum Gasteiger partial charge on any atom is -0.508 e. The van der Waals surface area contributed by atoms with Crippen molar-refractivity contribution in [3.05, 3.63) is 65.7 Å². The van der Waals surface area contributed by atoms with Gasteiger partial charge in [-0.1, -0.05) is 42.8 Å². The molecule has 8 heteroatoms. The van der Waals surface area contributed by atoms with Crippen molar-refractivity contribution in [3.8, 4) is 11.5 Å². The number of likely N-dealkylation sites (tertiary alicyclic amines) is 1. The molecule has 1 N–H and O–H groups in total. The molecule has 4 amide bonds. The number of amides is 4. The molecule has 0 bridgehead atoms. The molecule has 2 aromatic rings. The highest BCUT2D eigenvalue weighted by Gasteiger charge is 2.67. The molecular formula is C31H32N2O6. The Hall–Kier alpha value is -3.94. The van der Waals surface area contributed by atoms with Crippen LogP contribution in [0.3, 0.4) is 0 Å². The van der Waals surface area contributed by atoms with E-state index in [4.69, 9.17) is 4.74 Å². The summed E-state index contributed by atoms with van der Waals surface area (Å²) in [4.78, 5) is 58.0. The van der Waals surface area contributed by atoms with E-state index in [1.807, 2.05) is 26.0 Å². The second-order valence-corrected chi connectivity index (χ2v) is 11.3. The first kappa shape index (κ1) is 25.3. The van der Waals surface area contributed by atoms with Crippen LogP contribution in [0.2, 0.25) is 0 Å². The lowest BCUT2D eigenvalue weighted by atomic mass is 9.51. The summed E-state index contributed by atoms with van der Waals surface area (Å²) < 4.78 is 5.67. The van der Waals surface area contributed by atoms with E-state index >= 15 is 0 Å². The van der Waals surface area contributed by atoms with Gasteiger partial charge in [-0.25, -0.2) is 4.90 Å². The molecule has 2 aliphatic heterocycles.